The zero-order valence-corrected chi connectivity index (χ0v) is 21.7. The quantitative estimate of drug-likeness (QED) is 0.128. The maximum Gasteiger partial charge on any atom is 0.295 e. The minimum Gasteiger partial charge on any atom is -0.341 e. The van der Waals surface area contributed by atoms with Gasteiger partial charge in [0.2, 0.25) is 0 Å². The molecule has 4 aromatic carbocycles. The highest BCUT2D eigenvalue weighted by molar-refractivity contribution is 7.92. The van der Waals surface area contributed by atoms with Gasteiger partial charge in [0.15, 0.2) is 0 Å². The summed E-state index contributed by atoms with van der Waals surface area (Å²) in [5.74, 6) is 0. The van der Waals surface area contributed by atoms with Gasteiger partial charge in [0.05, 0.1) is 21.7 Å². The predicted octanol–water partition coefficient (Wildman–Crippen LogP) is 6.62. The summed E-state index contributed by atoms with van der Waals surface area (Å²) < 4.78 is 30.2. The molecule has 11 heteroatoms. The van der Waals surface area contributed by atoms with Gasteiger partial charge in [-0.1, -0.05) is 41.9 Å². The van der Waals surface area contributed by atoms with Crippen molar-refractivity contribution in [3.05, 3.63) is 106 Å². The largest absolute Gasteiger partial charge is 0.341 e. The molecular weight excluding hydrogens is 526 g/mol. The number of nitro groups is 1. The van der Waals surface area contributed by atoms with Crippen molar-refractivity contribution in [2.45, 2.75) is 18.4 Å². The van der Waals surface area contributed by atoms with E-state index in [9.17, 15) is 18.5 Å². The standard InChI is InChI=1S/C27H22ClN5O4S/c1-2-32-25-9-4-3-8-22(25)23-14-18(10-13-26(23)32)17-29-30-24-12-11-21(16-27(24)33(34)35)38(36,37)31-20-7-5-6-19(28)15-20/h3-17,30-31H,2H2,1H3/b29-17-. The molecule has 0 saturated carbocycles. The molecule has 0 saturated heterocycles. The van der Waals surface area contributed by atoms with Crippen LogP contribution in [0.25, 0.3) is 21.8 Å². The van der Waals surface area contributed by atoms with Crippen LogP contribution in [0.3, 0.4) is 0 Å². The second kappa shape index (κ2) is 10.2. The van der Waals surface area contributed by atoms with Crippen molar-refractivity contribution in [3.8, 4) is 0 Å². The SMILES string of the molecule is CCn1c2ccccc2c2cc(/C=N\Nc3ccc(S(=O)(=O)Nc4cccc(Cl)c4)cc3[N+](=O)[O-])ccc21. The number of halogens is 1. The number of hydrogen-bond donors (Lipinski definition) is 2. The lowest BCUT2D eigenvalue weighted by molar-refractivity contribution is -0.384. The van der Waals surface area contributed by atoms with Gasteiger partial charge in [-0.25, -0.2) is 8.42 Å². The second-order valence-corrected chi connectivity index (χ2v) is 10.6. The number of aryl methyl sites for hydroxylation is 1. The number of rotatable bonds is 8. The lowest BCUT2D eigenvalue weighted by Crippen LogP contribution is -2.13. The van der Waals surface area contributed by atoms with E-state index in [1.807, 2.05) is 30.3 Å². The third-order valence-electron chi connectivity index (χ3n) is 6.06. The van der Waals surface area contributed by atoms with E-state index in [1.54, 1.807) is 18.3 Å². The molecule has 0 unspecified atom stereocenters. The molecule has 0 aliphatic rings. The van der Waals surface area contributed by atoms with Crippen molar-refractivity contribution in [1.82, 2.24) is 4.57 Å². The van der Waals surface area contributed by atoms with E-state index in [2.05, 4.69) is 38.9 Å². The summed E-state index contributed by atoms with van der Waals surface area (Å²) in [7, 11) is -4.09. The van der Waals surface area contributed by atoms with E-state index in [4.69, 9.17) is 11.6 Å². The summed E-state index contributed by atoms with van der Waals surface area (Å²) >= 11 is 5.92. The van der Waals surface area contributed by atoms with Crippen LogP contribution < -0.4 is 10.1 Å². The van der Waals surface area contributed by atoms with Gasteiger partial charge in [-0.15, -0.1) is 0 Å². The fraction of sp³-hybridized carbons (Fsp3) is 0.0741. The van der Waals surface area contributed by atoms with Crippen LogP contribution in [0.1, 0.15) is 12.5 Å². The molecule has 0 aliphatic heterocycles. The minimum absolute atomic E-state index is 0.0524. The zero-order valence-electron chi connectivity index (χ0n) is 20.1. The highest BCUT2D eigenvalue weighted by Gasteiger charge is 2.22. The first-order chi connectivity index (χ1) is 18.3. The molecule has 0 spiro atoms. The molecule has 0 amide bonds. The van der Waals surface area contributed by atoms with Crippen molar-refractivity contribution < 1.29 is 13.3 Å². The Morgan fingerprint density at radius 2 is 1.76 bits per heavy atom. The Bertz CT molecular complexity index is 1830. The fourth-order valence-corrected chi connectivity index (χ4v) is 5.62. The highest BCUT2D eigenvalue weighted by atomic mass is 35.5. The lowest BCUT2D eigenvalue weighted by Gasteiger charge is -2.09. The third-order valence-corrected chi connectivity index (χ3v) is 7.68. The molecule has 5 rings (SSSR count). The molecule has 1 heterocycles. The van der Waals surface area contributed by atoms with Crippen LogP contribution in [0.15, 0.2) is 94.9 Å². The Morgan fingerprint density at radius 3 is 2.53 bits per heavy atom. The van der Waals surface area contributed by atoms with Crippen LogP contribution in [0, 0.1) is 10.1 Å². The van der Waals surface area contributed by atoms with Crippen molar-refractivity contribution in [2.75, 3.05) is 10.1 Å². The van der Waals surface area contributed by atoms with Gasteiger partial charge in [-0.3, -0.25) is 20.3 Å². The number of nitrogens with zero attached hydrogens (tertiary/aromatic N) is 3. The Hall–Kier alpha value is -4.41. The number of benzene rings is 4. The van der Waals surface area contributed by atoms with Crippen LogP contribution in [0.4, 0.5) is 17.1 Å². The summed E-state index contributed by atoms with van der Waals surface area (Å²) in [4.78, 5) is 10.8. The molecule has 2 N–H and O–H groups in total. The first kappa shape index (κ1) is 25.2. The zero-order chi connectivity index (χ0) is 26.9. The molecular formula is C27H22ClN5O4S. The number of nitrogens with one attached hydrogen (secondary N) is 2. The van der Waals surface area contributed by atoms with Crippen molar-refractivity contribution in [1.29, 1.82) is 0 Å². The maximum absolute atomic E-state index is 12.8. The normalized spacial score (nSPS) is 11.8. The van der Waals surface area contributed by atoms with Crippen LogP contribution in [0.2, 0.25) is 5.02 Å². The molecule has 0 radical (unpaired) electrons. The fourth-order valence-electron chi connectivity index (χ4n) is 4.36. The molecule has 1 aromatic heterocycles. The number of nitro benzene ring substituents is 1. The van der Waals surface area contributed by atoms with E-state index in [-0.39, 0.29) is 16.3 Å². The summed E-state index contributed by atoms with van der Waals surface area (Å²) in [5, 5.41) is 18.5. The number of fused-ring (bicyclic) bond motifs is 3. The molecule has 9 nitrogen and oxygen atoms in total. The average molecular weight is 548 g/mol. The first-order valence-electron chi connectivity index (χ1n) is 11.6. The van der Waals surface area contributed by atoms with Gasteiger partial charge in [0.1, 0.15) is 5.69 Å². The summed E-state index contributed by atoms with van der Waals surface area (Å²) in [5.41, 5.74) is 5.59. The molecule has 0 aliphatic carbocycles. The summed E-state index contributed by atoms with van der Waals surface area (Å²) in [6.07, 6.45) is 1.56. The monoisotopic (exact) mass is 547 g/mol. The predicted molar refractivity (Wildman–Crippen MR) is 152 cm³/mol. The molecule has 38 heavy (non-hydrogen) atoms. The molecule has 0 bridgehead atoms. The van der Waals surface area contributed by atoms with Gasteiger partial charge >= 0.3 is 0 Å². The third kappa shape index (κ3) is 4.91. The van der Waals surface area contributed by atoms with Crippen molar-refractivity contribution in [3.63, 3.8) is 0 Å². The molecule has 5 aromatic rings. The lowest BCUT2D eigenvalue weighted by atomic mass is 10.1. The summed E-state index contributed by atoms with van der Waals surface area (Å²) in [6.45, 7) is 2.94. The maximum atomic E-state index is 12.8. The van der Waals surface area contributed by atoms with Gasteiger partial charge in [0.25, 0.3) is 15.7 Å². The average Bonchev–Trinajstić information content (AvgIpc) is 3.21. The Labute approximate surface area is 223 Å². The van der Waals surface area contributed by atoms with Gasteiger partial charge < -0.3 is 4.57 Å². The van der Waals surface area contributed by atoms with E-state index in [1.165, 1.54) is 24.3 Å². The molecule has 0 atom stereocenters. The van der Waals surface area contributed by atoms with Crippen molar-refractivity contribution >= 4 is 66.7 Å². The van der Waals surface area contributed by atoms with Crippen molar-refractivity contribution in [2.24, 2.45) is 5.10 Å². The smallest absolute Gasteiger partial charge is 0.295 e. The number of hydrogen-bond acceptors (Lipinski definition) is 6. The summed E-state index contributed by atoms with van der Waals surface area (Å²) in [6, 6.07) is 23.8. The minimum atomic E-state index is -4.09. The number of sulfonamides is 1. The Morgan fingerprint density at radius 1 is 0.974 bits per heavy atom. The first-order valence-corrected chi connectivity index (χ1v) is 13.5. The number of para-hydroxylation sites is 1. The topological polar surface area (TPSA) is 119 Å². The van der Waals surface area contributed by atoms with E-state index in [0.717, 1.165) is 40.0 Å². The molecule has 192 valence electrons. The van der Waals surface area contributed by atoms with E-state index in [0.29, 0.717) is 5.02 Å². The van der Waals surface area contributed by atoms with Crippen LogP contribution in [0.5, 0.6) is 0 Å². The number of aromatic nitrogens is 1. The second-order valence-electron chi connectivity index (χ2n) is 8.46. The number of anilines is 2. The van der Waals surface area contributed by atoms with Crippen LogP contribution >= 0.6 is 11.6 Å². The molecule has 0 fully saturated rings. The van der Waals surface area contributed by atoms with Gasteiger partial charge in [-0.05, 0) is 61.0 Å². The van der Waals surface area contributed by atoms with E-state index >= 15 is 0 Å². The van der Waals surface area contributed by atoms with Gasteiger partial charge in [-0.2, -0.15) is 5.10 Å². The van der Waals surface area contributed by atoms with Gasteiger partial charge in [0, 0.05) is 39.4 Å². The Kier molecular flexibility index (Phi) is 6.75. The highest BCUT2D eigenvalue weighted by Crippen LogP contribution is 2.31. The Balaban J connectivity index is 1.40. The number of hydrazone groups is 1. The van der Waals surface area contributed by atoms with Crippen LogP contribution in [-0.2, 0) is 16.6 Å². The van der Waals surface area contributed by atoms with Crippen LogP contribution in [-0.4, -0.2) is 24.1 Å². The van der Waals surface area contributed by atoms with E-state index < -0.39 is 20.6 Å².